The summed E-state index contributed by atoms with van der Waals surface area (Å²) < 4.78 is 5.85. The SMILES string of the molecule is CC[C@@H]1CN(C(=O)c2cc(C3CC3)nc(SC)c2C#N)C[C@H](C)O1. The molecule has 1 aliphatic heterocycles. The summed E-state index contributed by atoms with van der Waals surface area (Å²) in [6.45, 7) is 5.20. The molecule has 2 aliphatic rings. The summed E-state index contributed by atoms with van der Waals surface area (Å²) in [5.74, 6) is 0.377. The van der Waals surface area contributed by atoms with Crippen LogP contribution in [0.2, 0.25) is 0 Å². The Morgan fingerprint density at radius 2 is 2.25 bits per heavy atom. The maximum Gasteiger partial charge on any atom is 0.255 e. The molecular weight excluding hydrogens is 322 g/mol. The van der Waals surface area contributed by atoms with Crippen LogP contribution in [0.3, 0.4) is 0 Å². The van der Waals surface area contributed by atoms with Crippen LogP contribution in [0.1, 0.15) is 60.6 Å². The molecule has 3 rings (SSSR count). The molecule has 0 spiro atoms. The van der Waals surface area contributed by atoms with E-state index < -0.39 is 0 Å². The van der Waals surface area contributed by atoms with Crippen LogP contribution in [0.25, 0.3) is 0 Å². The highest BCUT2D eigenvalue weighted by atomic mass is 32.2. The third-order valence-electron chi connectivity index (χ3n) is 4.61. The van der Waals surface area contributed by atoms with Crippen molar-refractivity contribution in [3.63, 3.8) is 0 Å². The van der Waals surface area contributed by atoms with Crippen molar-refractivity contribution in [3.8, 4) is 6.07 Å². The van der Waals surface area contributed by atoms with E-state index in [-0.39, 0.29) is 18.1 Å². The minimum atomic E-state index is -0.0697. The lowest BCUT2D eigenvalue weighted by Gasteiger charge is -2.36. The van der Waals surface area contributed by atoms with Gasteiger partial charge >= 0.3 is 0 Å². The van der Waals surface area contributed by atoms with Crippen molar-refractivity contribution in [2.45, 2.75) is 56.3 Å². The molecule has 2 atom stereocenters. The summed E-state index contributed by atoms with van der Waals surface area (Å²) >= 11 is 1.43. The standard InChI is InChI=1S/C18H23N3O2S/c1-4-13-10-21(9-11(2)23-13)18(22)14-7-16(12-5-6-12)20-17(24-3)15(14)8-19/h7,11-13H,4-6,9-10H2,1-3H3/t11-,13+/m0/s1. The fourth-order valence-electron chi connectivity index (χ4n) is 3.16. The number of nitriles is 1. The molecule has 6 heteroatoms. The predicted molar refractivity (Wildman–Crippen MR) is 93.2 cm³/mol. The number of aromatic nitrogens is 1. The first-order valence-electron chi connectivity index (χ1n) is 8.51. The molecule has 1 aliphatic carbocycles. The summed E-state index contributed by atoms with van der Waals surface area (Å²) in [5.41, 5.74) is 1.86. The Kier molecular flexibility index (Phi) is 5.12. The summed E-state index contributed by atoms with van der Waals surface area (Å²) in [5, 5.41) is 10.2. The van der Waals surface area contributed by atoms with Crippen molar-refractivity contribution in [2.75, 3.05) is 19.3 Å². The van der Waals surface area contributed by atoms with E-state index in [1.165, 1.54) is 11.8 Å². The van der Waals surface area contributed by atoms with E-state index in [0.717, 1.165) is 25.0 Å². The highest BCUT2D eigenvalue weighted by molar-refractivity contribution is 7.98. The lowest BCUT2D eigenvalue weighted by atomic mass is 10.1. The Hall–Kier alpha value is -1.58. The monoisotopic (exact) mass is 345 g/mol. The molecule has 24 heavy (non-hydrogen) atoms. The number of hydrogen-bond acceptors (Lipinski definition) is 5. The molecule has 0 N–H and O–H groups in total. The van der Waals surface area contributed by atoms with Crippen LogP contribution in [0.15, 0.2) is 11.1 Å². The van der Waals surface area contributed by atoms with Crippen LogP contribution in [0.4, 0.5) is 0 Å². The molecule has 5 nitrogen and oxygen atoms in total. The Bertz CT molecular complexity index is 682. The second-order valence-electron chi connectivity index (χ2n) is 6.55. The van der Waals surface area contributed by atoms with Crippen molar-refractivity contribution >= 4 is 17.7 Å². The molecule has 0 radical (unpaired) electrons. The van der Waals surface area contributed by atoms with Crippen molar-refractivity contribution in [1.82, 2.24) is 9.88 Å². The van der Waals surface area contributed by atoms with Crippen LogP contribution in [-0.2, 0) is 4.74 Å². The van der Waals surface area contributed by atoms with Gasteiger partial charge in [-0.1, -0.05) is 6.92 Å². The Morgan fingerprint density at radius 1 is 1.50 bits per heavy atom. The Morgan fingerprint density at radius 3 is 2.83 bits per heavy atom. The van der Waals surface area contributed by atoms with Crippen LogP contribution in [-0.4, -0.2) is 47.3 Å². The molecule has 1 aromatic heterocycles. The maximum absolute atomic E-state index is 13.1. The van der Waals surface area contributed by atoms with Crippen LogP contribution in [0.5, 0.6) is 0 Å². The molecule has 128 valence electrons. The fraction of sp³-hybridized carbons (Fsp3) is 0.611. The van der Waals surface area contributed by atoms with E-state index in [0.29, 0.717) is 35.2 Å². The number of carbonyl (C=O) groups is 1. The summed E-state index contributed by atoms with van der Waals surface area (Å²) in [4.78, 5) is 19.6. The van der Waals surface area contributed by atoms with E-state index in [2.05, 4.69) is 18.0 Å². The predicted octanol–water partition coefficient (Wildman–Crippen LogP) is 3.19. The van der Waals surface area contributed by atoms with Gasteiger partial charge < -0.3 is 9.64 Å². The van der Waals surface area contributed by atoms with Gasteiger partial charge in [0, 0.05) is 24.7 Å². The number of pyridine rings is 1. The van der Waals surface area contributed by atoms with E-state index in [4.69, 9.17) is 4.74 Å². The van der Waals surface area contributed by atoms with Crippen molar-refractivity contribution < 1.29 is 9.53 Å². The lowest BCUT2D eigenvalue weighted by molar-refractivity contribution is -0.0681. The number of thioether (sulfide) groups is 1. The highest BCUT2D eigenvalue weighted by Gasteiger charge is 2.32. The average Bonchev–Trinajstić information content (AvgIpc) is 3.44. The number of amides is 1. The first kappa shape index (κ1) is 17.2. The van der Waals surface area contributed by atoms with Gasteiger partial charge in [-0.2, -0.15) is 5.26 Å². The Labute approximate surface area is 147 Å². The molecule has 1 saturated carbocycles. The highest BCUT2D eigenvalue weighted by Crippen LogP contribution is 2.40. The van der Waals surface area contributed by atoms with Crippen molar-refractivity contribution in [1.29, 1.82) is 5.26 Å². The minimum absolute atomic E-state index is 0.0166. The quantitative estimate of drug-likeness (QED) is 0.784. The van der Waals surface area contributed by atoms with E-state index >= 15 is 0 Å². The maximum atomic E-state index is 13.1. The molecule has 0 bridgehead atoms. The number of nitrogens with zero attached hydrogens (tertiary/aromatic N) is 3. The fourth-order valence-corrected chi connectivity index (χ4v) is 3.72. The van der Waals surface area contributed by atoms with Gasteiger partial charge in [-0.15, -0.1) is 11.8 Å². The van der Waals surface area contributed by atoms with Crippen molar-refractivity contribution in [3.05, 3.63) is 22.9 Å². The van der Waals surface area contributed by atoms with Gasteiger partial charge in [0.2, 0.25) is 0 Å². The summed E-state index contributed by atoms with van der Waals surface area (Å²) in [7, 11) is 0. The number of rotatable bonds is 4. The summed E-state index contributed by atoms with van der Waals surface area (Å²) in [6, 6.07) is 4.04. The van der Waals surface area contributed by atoms with Gasteiger partial charge in [0.05, 0.1) is 23.3 Å². The van der Waals surface area contributed by atoms with Crippen LogP contribution < -0.4 is 0 Å². The molecule has 0 unspecified atom stereocenters. The molecule has 1 saturated heterocycles. The number of morpholine rings is 1. The largest absolute Gasteiger partial charge is 0.372 e. The molecule has 2 fully saturated rings. The molecule has 0 aromatic carbocycles. The third-order valence-corrected chi connectivity index (χ3v) is 5.29. The van der Waals surface area contributed by atoms with Gasteiger partial charge in [0.1, 0.15) is 11.1 Å². The van der Waals surface area contributed by atoms with Crippen LogP contribution >= 0.6 is 11.8 Å². The smallest absolute Gasteiger partial charge is 0.255 e. The van der Waals surface area contributed by atoms with Gasteiger partial charge in [-0.3, -0.25) is 4.79 Å². The zero-order valence-electron chi connectivity index (χ0n) is 14.4. The second-order valence-corrected chi connectivity index (χ2v) is 7.35. The second kappa shape index (κ2) is 7.12. The summed E-state index contributed by atoms with van der Waals surface area (Å²) in [6.07, 6.45) is 5.09. The molecular formula is C18H23N3O2S. The van der Waals surface area contributed by atoms with Gasteiger partial charge in [-0.05, 0) is 38.5 Å². The van der Waals surface area contributed by atoms with Gasteiger partial charge in [0.25, 0.3) is 5.91 Å². The zero-order valence-corrected chi connectivity index (χ0v) is 15.2. The van der Waals surface area contributed by atoms with E-state index in [9.17, 15) is 10.1 Å². The topological polar surface area (TPSA) is 66.2 Å². The minimum Gasteiger partial charge on any atom is -0.372 e. The number of hydrogen-bond donors (Lipinski definition) is 0. The first-order valence-corrected chi connectivity index (χ1v) is 9.73. The van der Waals surface area contributed by atoms with E-state index in [1.807, 2.05) is 24.1 Å². The zero-order chi connectivity index (χ0) is 17.3. The third kappa shape index (κ3) is 3.42. The van der Waals surface area contributed by atoms with Crippen molar-refractivity contribution in [2.24, 2.45) is 0 Å². The average molecular weight is 345 g/mol. The first-order chi connectivity index (χ1) is 11.6. The Balaban J connectivity index is 1.96. The van der Waals surface area contributed by atoms with E-state index in [1.54, 1.807) is 0 Å². The lowest BCUT2D eigenvalue weighted by Crippen LogP contribution is -2.49. The molecule has 1 amide bonds. The van der Waals surface area contributed by atoms with Crippen LogP contribution in [0, 0.1) is 11.3 Å². The normalized spacial score (nSPS) is 23.8. The number of carbonyl (C=O) groups excluding carboxylic acids is 1. The van der Waals surface area contributed by atoms with Gasteiger partial charge in [0.15, 0.2) is 0 Å². The molecule has 1 aromatic rings. The molecule has 2 heterocycles. The van der Waals surface area contributed by atoms with Gasteiger partial charge in [-0.25, -0.2) is 4.98 Å². The number of ether oxygens (including phenoxy) is 1.